The van der Waals surface area contributed by atoms with Crippen LogP contribution in [0.1, 0.15) is 45.9 Å². The number of aromatic nitrogens is 1. The number of rotatable bonds is 4. The van der Waals surface area contributed by atoms with Crippen LogP contribution in [-0.4, -0.2) is 28.7 Å². The summed E-state index contributed by atoms with van der Waals surface area (Å²) in [6.07, 6.45) is 2.86. The Labute approximate surface area is 187 Å². The van der Waals surface area contributed by atoms with Gasteiger partial charge in [0.15, 0.2) is 0 Å². The number of nitrogens with zero attached hydrogens (tertiary/aromatic N) is 1. The topological polar surface area (TPSA) is 65.2 Å². The third-order valence-electron chi connectivity index (χ3n) is 6.43. The molecule has 2 atom stereocenters. The maximum atomic E-state index is 13.7. The van der Waals surface area contributed by atoms with Crippen LogP contribution in [0.15, 0.2) is 79.0 Å². The van der Waals surface area contributed by atoms with Crippen molar-refractivity contribution >= 4 is 28.4 Å². The molecule has 5 heteroatoms. The van der Waals surface area contributed by atoms with Gasteiger partial charge in [-0.3, -0.25) is 9.59 Å². The zero-order valence-corrected chi connectivity index (χ0v) is 18.1. The summed E-state index contributed by atoms with van der Waals surface area (Å²) >= 11 is 0. The van der Waals surface area contributed by atoms with Crippen LogP contribution in [0.2, 0.25) is 0 Å². The Kier molecular flexibility index (Phi) is 5.02. The summed E-state index contributed by atoms with van der Waals surface area (Å²) in [5.74, 6) is -0.748. The van der Waals surface area contributed by atoms with Crippen LogP contribution in [0.5, 0.6) is 0 Å². The zero-order valence-electron chi connectivity index (χ0n) is 18.1. The molecule has 2 heterocycles. The fraction of sp³-hybridized carbons (Fsp3) is 0.185. The molecular formula is C27H25N3O2. The third kappa shape index (κ3) is 3.26. The molecule has 0 fully saturated rings. The van der Waals surface area contributed by atoms with Crippen molar-refractivity contribution in [2.45, 2.75) is 25.3 Å². The number of H-pyrrole nitrogens is 1. The standard InChI is InChI=1S/C27H25N3O2/c1-3-17-12-14-18(15-13-17)29-26(31)24-20-9-4-5-10-21(20)27(32)30(2)25(24)22-16-28-23-11-7-6-8-19(22)23/h4-16,24-25,28H,3H2,1-2H3,(H,29,31)/t24-,25+/m1/s1. The summed E-state index contributed by atoms with van der Waals surface area (Å²) in [5, 5.41) is 4.11. The van der Waals surface area contributed by atoms with Gasteiger partial charge in [0.2, 0.25) is 5.91 Å². The molecule has 2 N–H and O–H groups in total. The van der Waals surface area contributed by atoms with Gasteiger partial charge in [-0.15, -0.1) is 0 Å². The van der Waals surface area contributed by atoms with E-state index < -0.39 is 12.0 Å². The largest absolute Gasteiger partial charge is 0.361 e. The number of carbonyl (C=O) groups excluding carboxylic acids is 2. The van der Waals surface area contributed by atoms with Crippen LogP contribution < -0.4 is 5.32 Å². The number of aryl methyl sites for hydroxylation is 1. The number of aromatic amines is 1. The summed E-state index contributed by atoms with van der Waals surface area (Å²) in [5.41, 5.74) is 5.22. The van der Waals surface area contributed by atoms with E-state index in [-0.39, 0.29) is 11.8 Å². The molecule has 1 aliphatic heterocycles. The fourth-order valence-electron chi connectivity index (χ4n) is 4.73. The molecule has 0 saturated heterocycles. The van der Waals surface area contributed by atoms with E-state index >= 15 is 0 Å². The number of hydrogen-bond donors (Lipinski definition) is 2. The van der Waals surface area contributed by atoms with Crippen molar-refractivity contribution in [2.75, 3.05) is 12.4 Å². The van der Waals surface area contributed by atoms with Gasteiger partial charge in [0.05, 0.1) is 12.0 Å². The first-order valence-corrected chi connectivity index (χ1v) is 10.9. The maximum Gasteiger partial charge on any atom is 0.254 e. The van der Waals surface area contributed by atoms with E-state index in [1.807, 2.05) is 72.9 Å². The molecule has 0 bridgehead atoms. The third-order valence-corrected chi connectivity index (χ3v) is 6.43. The zero-order chi connectivity index (χ0) is 22.2. The lowest BCUT2D eigenvalue weighted by Crippen LogP contribution is -2.44. The number of carbonyl (C=O) groups is 2. The molecular weight excluding hydrogens is 398 g/mol. The number of para-hydroxylation sites is 1. The number of nitrogens with one attached hydrogen (secondary N) is 2. The minimum Gasteiger partial charge on any atom is -0.361 e. The predicted molar refractivity (Wildman–Crippen MR) is 127 cm³/mol. The molecule has 0 radical (unpaired) electrons. The van der Waals surface area contributed by atoms with E-state index in [0.717, 1.165) is 34.1 Å². The number of hydrogen-bond acceptors (Lipinski definition) is 2. The lowest BCUT2D eigenvalue weighted by molar-refractivity contribution is -0.119. The van der Waals surface area contributed by atoms with E-state index in [0.29, 0.717) is 5.56 Å². The molecule has 5 rings (SSSR count). The molecule has 3 aromatic carbocycles. The Morgan fingerprint density at radius 3 is 2.47 bits per heavy atom. The van der Waals surface area contributed by atoms with Crippen LogP contribution in [0.4, 0.5) is 5.69 Å². The Morgan fingerprint density at radius 1 is 0.969 bits per heavy atom. The summed E-state index contributed by atoms with van der Waals surface area (Å²) in [7, 11) is 1.78. The lowest BCUT2D eigenvalue weighted by atomic mass is 9.79. The lowest BCUT2D eigenvalue weighted by Gasteiger charge is -2.39. The quantitative estimate of drug-likeness (QED) is 0.469. The fourth-order valence-corrected chi connectivity index (χ4v) is 4.73. The van der Waals surface area contributed by atoms with Gasteiger partial charge in [-0.25, -0.2) is 0 Å². The van der Waals surface area contributed by atoms with Crippen LogP contribution in [0.3, 0.4) is 0 Å². The van der Waals surface area contributed by atoms with Gasteiger partial charge in [0.25, 0.3) is 5.91 Å². The second-order valence-corrected chi connectivity index (χ2v) is 8.26. The number of anilines is 1. The molecule has 160 valence electrons. The van der Waals surface area contributed by atoms with Crippen molar-refractivity contribution in [1.29, 1.82) is 0 Å². The van der Waals surface area contributed by atoms with Crippen molar-refractivity contribution in [3.05, 3.63) is 101 Å². The highest BCUT2D eigenvalue weighted by molar-refractivity contribution is 6.05. The van der Waals surface area contributed by atoms with Crippen LogP contribution in [-0.2, 0) is 11.2 Å². The number of fused-ring (bicyclic) bond motifs is 2. The van der Waals surface area contributed by atoms with Crippen molar-refractivity contribution in [2.24, 2.45) is 0 Å². The van der Waals surface area contributed by atoms with E-state index in [1.54, 1.807) is 18.0 Å². The van der Waals surface area contributed by atoms with Crippen molar-refractivity contribution in [3.63, 3.8) is 0 Å². The van der Waals surface area contributed by atoms with Crippen LogP contribution in [0.25, 0.3) is 10.9 Å². The van der Waals surface area contributed by atoms with Crippen LogP contribution in [0, 0.1) is 0 Å². The Morgan fingerprint density at radius 2 is 1.69 bits per heavy atom. The van der Waals surface area contributed by atoms with Gasteiger partial charge < -0.3 is 15.2 Å². The highest BCUT2D eigenvalue weighted by atomic mass is 16.2. The Hall–Kier alpha value is -3.86. The minimum atomic E-state index is -0.543. The van der Waals surface area contributed by atoms with Gasteiger partial charge in [-0.1, -0.05) is 55.5 Å². The predicted octanol–water partition coefficient (Wildman–Crippen LogP) is 5.28. The molecule has 0 spiro atoms. The van der Waals surface area contributed by atoms with Crippen molar-refractivity contribution < 1.29 is 9.59 Å². The van der Waals surface area contributed by atoms with Gasteiger partial charge in [0.1, 0.15) is 0 Å². The van der Waals surface area contributed by atoms with Gasteiger partial charge in [-0.2, -0.15) is 0 Å². The Bertz CT molecular complexity index is 1310. The SMILES string of the molecule is CCc1ccc(NC(=O)[C@@H]2c3ccccc3C(=O)N(C)[C@H]2c2c[nH]c3ccccc23)cc1. The van der Waals surface area contributed by atoms with E-state index in [4.69, 9.17) is 0 Å². The monoisotopic (exact) mass is 423 g/mol. The first-order valence-electron chi connectivity index (χ1n) is 10.9. The molecule has 32 heavy (non-hydrogen) atoms. The molecule has 0 aliphatic carbocycles. The number of benzene rings is 3. The first-order chi connectivity index (χ1) is 15.6. The summed E-state index contributed by atoms with van der Waals surface area (Å²) < 4.78 is 0. The Balaban J connectivity index is 1.61. The average molecular weight is 424 g/mol. The minimum absolute atomic E-state index is 0.0766. The molecule has 0 saturated carbocycles. The van der Waals surface area contributed by atoms with E-state index in [2.05, 4.69) is 17.2 Å². The molecule has 5 nitrogen and oxygen atoms in total. The summed E-state index contributed by atoms with van der Waals surface area (Å²) in [6, 6.07) is 22.9. The van der Waals surface area contributed by atoms with Gasteiger partial charge >= 0.3 is 0 Å². The molecule has 1 aliphatic rings. The average Bonchev–Trinajstić information content (AvgIpc) is 3.25. The van der Waals surface area contributed by atoms with Crippen molar-refractivity contribution in [1.82, 2.24) is 9.88 Å². The number of amides is 2. The summed E-state index contributed by atoms with van der Waals surface area (Å²) in [4.78, 5) is 32.0. The van der Waals surface area contributed by atoms with E-state index in [9.17, 15) is 9.59 Å². The highest BCUT2D eigenvalue weighted by Crippen LogP contribution is 2.44. The van der Waals surface area contributed by atoms with E-state index in [1.165, 1.54) is 5.56 Å². The smallest absolute Gasteiger partial charge is 0.254 e. The maximum absolute atomic E-state index is 13.7. The summed E-state index contributed by atoms with van der Waals surface area (Å²) in [6.45, 7) is 2.10. The normalized spacial score (nSPS) is 17.9. The van der Waals surface area contributed by atoms with Crippen molar-refractivity contribution in [3.8, 4) is 0 Å². The molecule has 1 aromatic heterocycles. The van der Waals surface area contributed by atoms with Crippen LogP contribution >= 0.6 is 0 Å². The first kappa shape index (κ1) is 20.1. The second kappa shape index (κ2) is 8.00. The van der Waals surface area contributed by atoms with Gasteiger partial charge in [0, 0.05) is 41.0 Å². The molecule has 4 aromatic rings. The highest BCUT2D eigenvalue weighted by Gasteiger charge is 2.43. The molecule has 2 amide bonds. The van der Waals surface area contributed by atoms with Gasteiger partial charge in [-0.05, 0) is 41.8 Å². The molecule has 0 unspecified atom stereocenters. The number of likely N-dealkylation sites (N-methyl/N-ethyl adjacent to an activating group) is 1. The second-order valence-electron chi connectivity index (χ2n) is 8.26.